The number of ether oxygens (including phenoxy) is 1. The lowest BCUT2D eigenvalue weighted by atomic mass is 10.1. The fourth-order valence-electron chi connectivity index (χ4n) is 3.08. The number of nitrogens with zero attached hydrogens (tertiary/aromatic N) is 3. The summed E-state index contributed by atoms with van der Waals surface area (Å²) in [4.78, 5) is 28.3. The second-order valence-corrected chi connectivity index (χ2v) is 7.07. The topological polar surface area (TPSA) is 73.6 Å². The van der Waals surface area contributed by atoms with Crippen LogP contribution in [0, 0.1) is 17.1 Å². The molecule has 2 aromatic carbocycles. The monoisotopic (exact) mass is 415 g/mol. The molecule has 1 fully saturated rings. The van der Waals surface area contributed by atoms with Gasteiger partial charge in [-0.3, -0.25) is 9.59 Å². The molecule has 1 aliphatic rings. The van der Waals surface area contributed by atoms with Crippen LogP contribution in [0.4, 0.5) is 4.39 Å². The Morgan fingerprint density at radius 2 is 1.72 bits per heavy atom. The van der Waals surface area contributed by atoms with Gasteiger partial charge in [0.1, 0.15) is 11.6 Å². The van der Waals surface area contributed by atoms with Crippen LogP contribution in [0.1, 0.15) is 22.8 Å². The van der Waals surface area contributed by atoms with Crippen molar-refractivity contribution >= 4 is 23.4 Å². The zero-order chi connectivity index (χ0) is 21.0. The largest absolute Gasteiger partial charge is 0.481 e. The first-order valence-electron chi connectivity index (χ1n) is 9.09. The molecular formula is C21H19ClFN3O3. The smallest absolute Gasteiger partial charge is 0.263 e. The van der Waals surface area contributed by atoms with E-state index in [1.54, 1.807) is 36.1 Å². The third-order valence-electron chi connectivity index (χ3n) is 4.68. The number of carbonyl (C=O) groups excluding carboxylic acids is 2. The van der Waals surface area contributed by atoms with E-state index in [4.69, 9.17) is 21.6 Å². The Balaban J connectivity index is 1.56. The molecule has 150 valence electrons. The Kier molecular flexibility index (Phi) is 6.35. The lowest BCUT2D eigenvalue weighted by Crippen LogP contribution is -2.53. The van der Waals surface area contributed by atoms with E-state index in [0.29, 0.717) is 37.5 Å². The molecule has 0 aliphatic carbocycles. The molecule has 2 aromatic rings. The fraction of sp³-hybridized carbons (Fsp3) is 0.286. The normalized spacial score (nSPS) is 14.8. The molecule has 0 N–H and O–H groups in total. The molecule has 0 radical (unpaired) electrons. The van der Waals surface area contributed by atoms with Gasteiger partial charge in [-0.2, -0.15) is 5.26 Å². The standard InChI is InChI=1S/C21H19ClFN3O3/c1-14(29-17-5-2-15(13-24)3-6-17)20(27)25-8-10-26(11-9-25)21(28)18-12-16(22)4-7-19(18)23/h2-7,12,14H,8-11H2,1H3. The van der Waals surface area contributed by atoms with Gasteiger partial charge in [0, 0.05) is 31.2 Å². The highest BCUT2D eigenvalue weighted by Crippen LogP contribution is 2.19. The van der Waals surface area contributed by atoms with E-state index in [0.717, 1.165) is 6.07 Å². The third kappa shape index (κ3) is 4.84. The Morgan fingerprint density at radius 1 is 1.10 bits per heavy atom. The van der Waals surface area contributed by atoms with Crippen LogP contribution in [0.25, 0.3) is 0 Å². The van der Waals surface area contributed by atoms with Crippen molar-refractivity contribution in [3.8, 4) is 11.8 Å². The van der Waals surface area contributed by atoms with Crippen molar-refractivity contribution in [1.29, 1.82) is 5.26 Å². The summed E-state index contributed by atoms with van der Waals surface area (Å²) in [6.45, 7) is 2.89. The molecule has 1 atom stereocenters. The second kappa shape index (κ2) is 8.93. The number of piperazine rings is 1. The van der Waals surface area contributed by atoms with Crippen molar-refractivity contribution in [3.63, 3.8) is 0 Å². The van der Waals surface area contributed by atoms with Gasteiger partial charge < -0.3 is 14.5 Å². The number of hydrogen-bond acceptors (Lipinski definition) is 4. The van der Waals surface area contributed by atoms with E-state index in [9.17, 15) is 14.0 Å². The first-order chi connectivity index (χ1) is 13.9. The van der Waals surface area contributed by atoms with Crippen molar-refractivity contribution in [2.45, 2.75) is 13.0 Å². The maximum atomic E-state index is 13.9. The minimum Gasteiger partial charge on any atom is -0.481 e. The summed E-state index contributed by atoms with van der Waals surface area (Å²) in [6.07, 6.45) is -0.712. The molecular weight excluding hydrogens is 397 g/mol. The molecule has 3 rings (SSSR count). The number of hydrogen-bond donors (Lipinski definition) is 0. The highest BCUT2D eigenvalue weighted by Gasteiger charge is 2.29. The maximum Gasteiger partial charge on any atom is 0.263 e. The molecule has 29 heavy (non-hydrogen) atoms. The first-order valence-corrected chi connectivity index (χ1v) is 9.47. The molecule has 1 aliphatic heterocycles. The van der Waals surface area contributed by atoms with Crippen LogP contribution in [0.5, 0.6) is 5.75 Å². The van der Waals surface area contributed by atoms with Gasteiger partial charge >= 0.3 is 0 Å². The minimum atomic E-state index is -0.712. The highest BCUT2D eigenvalue weighted by atomic mass is 35.5. The van der Waals surface area contributed by atoms with Gasteiger partial charge in [-0.15, -0.1) is 0 Å². The van der Waals surface area contributed by atoms with Gasteiger partial charge in [0.05, 0.1) is 17.2 Å². The Bertz CT molecular complexity index is 951. The molecule has 0 bridgehead atoms. The third-order valence-corrected chi connectivity index (χ3v) is 4.92. The molecule has 0 saturated carbocycles. The summed E-state index contributed by atoms with van der Waals surface area (Å²) in [7, 11) is 0. The summed E-state index contributed by atoms with van der Waals surface area (Å²) >= 11 is 5.86. The van der Waals surface area contributed by atoms with Crippen LogP contribution >= 0.6 is 11.6 Å². The lowest BCUT2D eigenvalue weighted by molar-refractivity contribution is -0.139. The number of nitriles is 1. The fourth-order valence-corrected chi connectivity index (χ4v) is 3.25. The summed E-state index contributed by atoms with van der Waals surface area (Å²) in [6, 6.07) is 12.4. The number of benzene rings is 2. The molecule has 1 heterocycles. The zero-order valence-electron chi connectivity index (χ0n) is 15.8. The Hall–Kier alpha value is -3.11. The highest BCUT2D eigenvalue weighted by molar-refractivity contribution is 6.31. The first kappa shape index (κ1) is 20.6. The van der Waals surface area contributed by atoms with Crippen LogP contribution in [0.3, 0.4) is 0 Å². The summed E-state index contributed by atoms with van der Waals surface area (Å²) in [5.41, 5.74) is 0.433. The van der Waals surface area contributed by atoms with Crippen molar-refractivity contribution in [2.24, 2.45) is 0 Å². The van der Waals surface area contributed by atoms with Crippen molar-refractivity contribution in [1.82, 2.24) is 9.80 Å². The maximum absolute atomic E-state index is 13.9. The number of carbonyl (C=O) groups is 2. The van der Waals surface area contributed by atoms with Crippen LogP contribution < -0.4 is 4.74 Å². The summed E-state index contributed by atoms with van der Waals surface area (Å²) < 4.78 is 19.6. The molecule has 6 nitrogen and oxygen atoms in total. The second-order valence-electron chi connectivity index (χ2n) is 6.64. The Labute approximate surface area is 173 Å². The van der Waals surface area contributed by atoms with E-state index >= 15 is 0 Å². The molecule has 1 saturated heterocycles. The predicted octanol–water partition coefficient (Wildman–Crippen LogP) is 3.10. The SMILES string of the molecule is CC(Oc1ccc(C#N)cc1)C(=O)N1CCN(C(=O)c2cc(Cl)ccc2F)CC1. The van der Waals surface area contributed by atoms with Gasteiger partial charge in [0.2, 0.25) is 0 Å². The van der Waals surface area contributed by atoms with Gasteiger partial charge in [0.25, 0.3) is 11.8 Å². The number of rotatable bonds is 4. The van der Waals surface area contributed by atoms with Gasteiger partial charge in [0.15, 0.2) is 6.10 Å². The van der Waals surface area contributed by atoms with Gasteiger partial charge in [-0.05, 0) is 49.4 Å². The van der Waals surface area contributed by atoms with E-state index in [-0.39, 0.29) is 16.5 Å². The molecule has 0 aromatic heterocycles. The van der Waals surface area contributed by atoms with Crippen LogP contribution in [0.2, 0.25) is 5.02 Å². The van der Waals surface area contributed by atoms with Crippen LogP contribution in [0.15, 0.2) is 42.5 Å². The van der Waals surface area contributed by atoms with E-state index in [1.165, 1.54) is 17.0 Å². The number of halogens is 2. The number of amides is 2. The summed E-state index contributed by atoms with van der Waals surface area (Å²) in [5, 5.41) is 9.11. The van der Waals surface area contributed by atoms with Gasteiger partial charge in [-0.1, -0.05) is 11.6 Å². The Morgan fingerprint density at radius 3 is 2.34 bits per heavy atom. The lowest BCUT2D eigenvalue weighted by Gasteiger charge is -2.36. The predicted molar refractivity (Wildman–Crippen MR) is 105 cm³/mol. The average Bonchev–Trinajstić information content (AvgIpc) is 2.75. The quantitative estimate of drug-likeness (QED) is 0.769. The minimum absolute atomic E-state index is 0.0743. The molecule has 2 amide bonds. The van der Waals surface area contributed by atoms with E-state index in [2.05, 4.69) is 0 Å². The van der Waals surface area contributed by atoms with Crippen LogP contribution in [-0.4, -0.2) is 53.9 Å². The zero-order valence-corrected chi connectivity index (χ0v) is 16.5. The molecule has 1 unspecified atom stereocenters. The van der Waals surface area contributed by atoms with Crippen LogP contribution in [-0.2, 0) is 4.79 Å². The van der Waals surface area contributed by atoms with Crippen molar-refractivity contribution in [2.75, 3.05) is 26.2 Å². The van der Waals surface area contributed by atoms with E-state index < -0.39 is 17.8 Å². The van der Waals surface area contributed by atoms with Gasteiger partial charge in [-0.25, -0.2) is 4.39 Å². The molecule has 0 spiro atoms. The van der Waals surface area contributed by atoms with Crippen molar-refractivity contribution in [3.05, 3.63) is 64.4 Å². The molecule has 8 heteroatoms. The van der Waals surface area contributed by atoms with Crippen molar-refractivity contribution < 1.29 is 18.7 Å². The van der Waals surface area contributed by atoms with E-state index in [1.807, 2.05) is 6.07 Å². The summed E-state index contributed by atoms with van der Waals surface area (Å²) in [5.74, 6) is -0.771. The average molecular weight is 416 g/mol.